The topological polar surface area (TPSA) is 59.6 Å². The molecule has 3 N–H and O–H groups in total. The van der Waals surface area contributed by atoms with E-state index in [1.165, 1.54) is 0 Å². The minimum atomic E-state index is 0.0624. The van der Waals surface area contributed by atoms with Gasteiger partial charge in [-0.05, 0) is 26.2 Å². The number of nitrogens with one attached hydrogen (secondary N) is 1. The van der Waals surface area contributed by atoms with Crippen molar-refractivity contribution < 1.29 is 4.74 Å². The summed E-state index contributed by atoms with van der Waals surface area (Å²) in [6, 6.07) is 0.252. The molecule has 0 bridgehead atoms. The monoisotopic (exact) mass is 185 g/mol. The van der Waals surface area contributed by atoms with Gasteiger partial charge >= 0.3 is 0 Å². The Balaban J connectivity index is 2.65. The van der Waals surface area contributed by atoms with Crippen molar-refractivity contribution in [2.75, 3.05) is 6.61 Å². The lowest BCUT2D eigenvalue weighted by Crippen LogP contribution is -2.42. The largest absolute Gasteiger partial charge is 0.370 e. The first-order chi connectivity index (χ1) is 6.15. The third kappa shape index (κ3) is 2.67. The predicted octanol–water partition coefficient (Wildman–Crippen LogP) is 0.682. The lowest BCUT2D eigenvalue weighted by atomic mass is 10.0. The summed E-state index contributed by atoms with van der Waals surface area (Å²) in [6.07, 6.45) is 1.15. The standard InChI is InChI=1S/C9H19N3O/c1-6(2)11-9(12-10)8-7(3)4-5-13-8/h6-8H,4-5,10H2,1-3H3,(H,11,12). The molecule has 0 aromatic carbocycles. The molecule has 0 spiro atoms. The zero-order chi connectivity index (χ0) is 9.84. The number of amidine groups is 1. The van der Waals surface area contributed by atoms with Crippen LogP contribution in [-0.2, 0) is 4.74 Å². The Hall–Kier alpha value is -0.610. The molecule has 0 aromatic rings. The van der Waals surface area contributed by atoms with E-state index in [2.05, 4.69) is 17.3 Å². The van der Waals surface area contributed by atoms with Gasteiger partial charge in [-0.25, -0.2) is 5.84 Å². The van der Waals surface area contributed by atoms with Crippen molar-refractivity contribution in [2.24, 2.45) is 16.8 Å². The number of rotatable bonds is 2. The summed E-state index contributed by atoms with van der Waals surface area (Å²) in [7, 11) is 0. The molecule has 2 unspecified atom stereocenters. The molecule has 0 saturated carbocycles. The van der Waals surface area contributed by atoms with Crippen LogP contribution in [0.2, 0.25) is 0 Å². The minimum Gasteiger partial charge on any atom is -0.370 e. The number of hydrazine groups is 1. The van der Waals surface area contributed by atoms with Crippen LogP contribution in [0.25, 0.3) is 0 Å². The van der Waals surface area contributed by atoms with E-state index < -0.39 is 0 Å². The summed E-state index contributed by atoms with van der Waals surface area (Å²) in [5, 5.41) is 0. The average Bonchev–Trinajstić information content (AvgIpc) is 2.47. The molecule has 0 amide bonds. The third-order valence-corrected chi connectivity index (χ3v) is 2.20. The van der Waals surface area contributed by atoms with Gasteiger partial charge in [-0.2, -0.15) is 0 Å². The van der Waals surface area contributed by atoms with Crippen LogP contribution in [0.5, 0.6) is 0 Å². The number of aliphatic imine (C=N–C) groups is 1. The van der Waals surface area contributed by atoms with Gasteiger partial charge in [-0.1, -0.05) is 6.92 Å². The summed E-state index contributed by atoms with van der Waals surface area (Å²) in [6.45, 7) is 7.02. The van der Waals surface area contributed by atoms with E-state index in [1.807, 2.05) is 13.8 Å². The van der Waals surface area contributed by atoms with E-state index in [1.54, 1.807) is 0 Å². The molecule has 13 heavy (non-hydrogen) atoms. The fourth-order valence-electron chi connectivity index (χ4n) is 1.52. The first-order valence-corrected chi connectivity index (χ1v) is 4.81. The number of hydrogen-bond acceptors (Lipinski definition) is 3. The van der Waals surface area contributed by atoms with Crippen LogP contribution in [0, 0.1) is 5.92 Å². The Labute approximate surface area is 79.5 Å². The first kappa shape index (κ1) is 10.5. The number of nitrogens with zero attached hydrogens (tertiary/aromatic N) is 1. The van der Waals surface area contributed by atoms with E-state index in [-0.39, 0.29) is 12.1 Å². The van der Waals surface area contributed by atoms with Crippen molar-refractivity contribution in [3.63, 3.8) is 0 Å². The first-order valence-electron chi connectivity index (χ1n) is 4.81. The van der Waals surface area contributed by atoms with Gasteiger partial charge in [0.1, 0.15) is 11.9 Å². The average molecular weight is 185 g/mol. The normalized spacial score (nSPS) is 29.8. The second kappa shape index (κ2) is 4.58. The Kier molecular flexibility index (Phi) is 3.69. The van der Waals surface area contributed by atoms with Gasteiger partial charge in [0.2, 0.25) is 0 Å². The molecule has 1 fully saturated rings. The summed E-state index contributed by atoms with van der Waals surface area (Å²) in [4.78, 5) is 4.38. The minimum absolute atomic E-state index is 0.0624. The molecule has 1 aliphatic rings. The molecule has 0 aromatic heterocycles. The van der Waals surface area contributed by atoms with Crippen LogP contribution in [0.15, 0.2) is 4.99 Å². The van der Waals surface area contributed by atoms with Crippen LogP contribution in [0.1, 0.15) is 27.2 Å². The van der Waals surface area contributed by atoms with Gasteiger partial charge in [-0.3, -0.25) is 4.99 Å². The predicted molar refractivity (Wildman–Crippen MR) is 53.4 cm³/mol. The highest BCUT2D eigenvalue weighted by molar-refractivity contribution is 5.86. The van der Waals surface area contributed by atoms with E-state index >= 15 is 0 Å². The second-order valence-electron chi connectivity index (χ2n) is 3.81. The quantitative estimate of drug-likeness (QED) is 0.288. The zero-order valence-electron chi connectivity index (χ0n) is 8.58. The van der Waals surface area contributed by atoms with Gasteiger partial charge in [0.05, 0.1) is 0 Å². The van der Waals surface area contributed by atoms with Crippen molar-refractivity contribution >= 4 is 5.84 Å². The Bertz CT molecular complexity index is 191. The maximum absolute atomic E-state index is 5.55. The molecular weight excluding hydrogens is 166 g/mol. The summed E-state index contributed by atoms with van der Waals surface area (Å²) >= 11 is 0. The molecule has 2 atom stereocenters. The van der Waals surface area contributed by atoms with E-state index in [0.29, 0.717) is 5.92 Å². The van der Waals surface area contributed by atoms with Crippen molar-refractivity contribution in [1.29, 1.82) is 0 Å². The van der Waals surface area contributed by atoms with Crippen molar-refractivity contribution in [1.82, 2.24) is 5.43 Å². The maximum atomic E-state index is 5.55. The van der Waals surface area contributed by atoms with Gasteiger partial charge in [0.15, 0.2) is 0 Å². The fraction of sp³-hybridized carbons (Fsp3) is 0.889. The Morgan fingerprint density at radius 1 is 1.62 bits per heavy atom. The smallest absolute Gasteiger partial charge is 0.141 e. The van der Waals surface area contributed by atoms with Crippen molar-refractivity contribution in [3.8, 4) is 0 Å². The van der Waals surface area contributed by atoms with Gasteiger partial charge in [-0.15, -0.1) is 0 Å². The summed E-state index contributed by atoms with van der Waals surface area (Å²) < 4.78 is 5.55. The molecule has 4 heteroatoms. The summed E-state index contributed by atoms with van der Waals surface area (Å²) in [5.74, 6) is 6.69. The molecule has 1 rings (SSSR count). The summed E-state index contributed by atoms with van der Waals surface area (Å²) in [5.41, 5.74) is 2.63. The van der Waals surface area contributed by atoms with E-state index in [9.17, 15) is 0 Å². The molecule has 0 radical (unpaired) electrons. The number of hydrogen-bond donors (Lipinski definition) is 2. The lowest BCUT2D eigenvalue weighted by molar-refractivity contribution is 0.142. The van der Waals surface area contributed by atoms with Gasteiger partial charge in [0, 0.05) is 12.6 Å². The molecule has 1 aliphatic heterocycles. The van der Waals surface area contributed by atoms with Gasteiger partial charge in [0.25, 0.3) is 0 Å². The molecular formula is C9H19N3O. The second-order valence-corrected chi connectivity index (χ2v) is 3.81. The van der Waals surface area contributed by atoms with E-state index in [4.69, 9.17) is 10.6 Å². The highest BCUT2D eigenvalue weighted by Gasteiger charge is 2.28. The number of ether oxygens (including phenoxy) is 1. The maximum Gasteiger partial charge on any atom is 0.141 e. The Morgan fingerprint density at radius 2 is 2.31 bits per heavy atom. The van der Waals surface area contributed by atoms with E-state index in [0.717, 1.165) is 18.9 Å². The number of nitrogens with two attached hydrogens (primary N) is 1. The molecule has 1 heterocycles. The zero-order valence-corrected chi connectivity index (χ0v) is 8.58. The SMILES string of the molecule is CC(C)N=C(NN)C1OCCC1C. The molecule has 4 nitrogen and oxygen atoms in total. The Morgan fingerprint density at radius 3 is 2.69 bits per heavy atom. The highest BCUT2D eigenvalue weighted by Crippen LogP contribution is 2.20. The molecule has 1 saturated heterocycles. The van der Waals surface area contributed by atoms with Gasteiger partial charge < -0.3 is 10.2 Å². The van der Waals surface area contributed by atoms with Crippen LogP contribution in [0.3, 0.4) is 0 Å². The highest BCUT2D eigenvalue weighted by atomic mass is 16.5. The molecule has 0 aliphatic carbocycles. The molecule has 76 valence electrons. The van der Waals surface area contributed by atoms with Crippen molar-refractivity contribution in [2.45, 2.75) is 39.3 Å². The van der Waals surface area contributed by atoms with Crippen molar-refractivity contribution in [3.05, 3.63) is 0 Å². The third-order valence-electron chi connectivity index (χ3n) is 2.20. The fourth-order valence-corrected chi connectivity index (χ4v) is 1.52. The van der Waals surface area contributed by atoms with Crippen LogP contribution in [0.4, 0.5) is 0 Å². The lowest BCUT2D eigenvalue weighted by Gasteiger charge is -2.17. The van der Waals surface area contributed by atoms with Crippen LogP contribution in [-0.4, -0.2) is 24.6 Å². The van der Waals surface area contributed by atoms with Crippen LogP contribution < -0.4 is 11.3 Å². The van der Waals surface area contributed by atoms with Crippen LogP contribution >= 0.6 is 0 Å².